The Bertz CT molecular complexity index is 1290. The molecule has 1 saturated heterocycles. The van der Waals surface area contributed by atoms with E-state index in [2.05, 4.69) is 15.3 Å². The van der Waals surface area contributed by atoms with E-state index >= 15 is 0 Å². The molecule has 0 bridgehead atoms. The summed E-state index contributed by atoms with van der Waals surface area (Å²) < 4.78 is 1.43. The molecule has 10 heteroatoms. The van der Waals surface area contributed by atoms with Gasteiger partial charge in [-0.2, -0.15) is 0 Å². The Morgan fingerprint density at radius 1 is 1.16 bits per heavy atom. The summed E-state index contributed by atoms with van der Waals surface area (Å²) in [5.74, 6) is -0.739. The minimum atomic E-state index is -0.756. The van der Waals surface area contributed by atoms with Crippen molar-refractivity contribution in [3.63, 3.8) is 0 Å². The van der Waals surface area contributed by atoms with Crippen LogP contribution in [0.2, 0.25) is 0 Å². The minimum absolute atomic E-state index is 0.179. The molecule has 1 fully saturated rings. The molecule has 0 radical (unpaired) electrons. The van der Waals surface area contributed by atoms with Gasteiger partial charge in [-0.15, -0.1) is 11.3 Å². The number of nitrogens with one attached hydrogen (secondary N) is 1. The maximum atomic E-state index is 13.9. The Morgan fingerprint density at radius 2 is 1.89 bits per heavy atom. The van der Waals surface area contributed by atoms with Crippen LogP contribution in [0.25, 0.3) is 10.4 Å². The molecule has 2 aromatic heterocycles. The summed E-state index contributed by atoms with van der Waals surface area (Å²) in [5, 5.41) is 3.01. The highest BCUT2D eigenvalue weighted by Gasteiger charge is 2.45. The first kappa shape index (κ1) is 28.2. The van der Waals surface area contributed by atoms with Crippen LogP contribution in [-0.2, 0) is 16.1 Å². The molecule has 0 spiro atoms. The lowest BCUT2D eigenvalue weighted by Crippen LogP contribution is -2.56. The lowest BCUT2D eigenvalue weighted by atomic mass is 9.85. The van der Waals surface area contributed by atoms with Gasteiger partial charge in [-0.3, -0.25) is 22.5 Å². The van der Waals surface area contributed by atoms with Gasteiger partial charge in [-0.05, 0) is 48.4 Å². The van der Waals surface area contributed by atoms with Gasteiger partial charge in [0.2, 0.25) is 11.8 Å². The number of benzene rings is 1. The van der Waals surface area contributed by atoms with Gasteiger partial charge in [0.05, 0.1) is 38.9 Å². The molecule has 3 aromatic rings. The second kappa shape index (κ2) is 11.9. The molecule has 1 aliphatic heterocycles. The van der Waals surface area contributed by atoms with Crippen molar-refractivity contribution in [2.24, 2.45) is 5.41 Å². The monoisotopic (exact) mass is 645 g/mol. The Labute approximate surface area is 241 Å². The molecule has 1 aliphatic rings. The number of hydrogen-bond donors (Lipinski definition) is 1. The zero-order valence-electron chi connectivity index (χ0n) is 22.0. The lowest BCUT2D eigenvalue weighted by Gasteiger charge is -2.38. The van der Waals surface area contributed by atoms with Crippen molar-refractivity contribution in [1.29, 1.82) is 0 Å². The predicted molar refractivity (Wildman–Crippen MR) is 157 cm³/mol. The summed E-state index contributed by atoms with van der Waals surface area (Å²) >= 11 is 3.52. The largest absolute Gasteiger partial charge is 0.350 e. The van der Waals surface area contributed by atoms with E-state index in [1.165, 1.54) is 3.11 Å². The maximum absolute atomic E-state index is 13.9. The van der Waals surface area contributed by atoms with Crippen LogP contribution in [0.3, 0.4) is 0 Å². The van der Waals surface area contributed by atoms with E-state index in [1.807, 2.05) is 80.3 Å². The molecular weight excluding hydrogens is 613 g/mol. The highest BCUT2D eigenvalue weighted by molar-refractivity contribution is 14.1. The van der Waals surface area contributed by atoms with Gasteiger partial charge in [0.1, 0.15) is 17.8 Å². The van der Waals surface area contributed by atoms with Crippen LogP contribution in [0, 0.1) is 12.3 Å². The fraction of sp³-hybridized carbons (Fsp3) is 0.393. The molecule has 38 heavy (non-hydrogen) atoms. The number of amides is 3. The molecule has 3 heterocycles. The smallest absolute Gasteiger partial charge is 0.281 e. The first-order valence-corrected chi connectivity index (χ1v) is 14.4. The average molecular weight is 646 g/mol. The van der Waals surface area contributed by atoms with Gasteiger partial charge in [-0.25, -0.2) is 4.98 Å². The first-order chi connectivity index (χ1) is 18.1. The third kappa shape index (κ3) is 6.23. The van der Waals surface area contributed by atoms with E-state index < -0.39 is 17.5 Å². The second-order valence-corrected chi connectivity index (χ2v) is 12.4. The van der Waals surface area contributed by atoms with Crippen LogP contribution in [0.4, 0.5) is 0 Å². The summed E-state index contributed by atoms with van der Waals surface area (Å²) in [5.41, 5.74) is 4.64. The standard InChI is InChI=1S/C28H32IN5O3S/c1-18-23(38-17-32-18)20-12-10-19(11-13-20)16-31-25(35)22-9-7-15-33(22)27(37)24(28(2,3)4)34(29)26(36)21-8-5-6-14-30-21/h5-6,8,10-14,17,22,24H,7,9,15-16H2,1-4H3,(H,31,35)/t22-,24+/m0/s1. The van der Waals surface area contributed by atoms with Crippen molar-refractivity contribution >= 4 is 51.9 Å². The van der Waals surface area contributed by atoms with Crippen LogP contribution in [0.1, 0.15) is 55.4 Å². The van der Waals surface area contributed by atoms with Gasteiger partial charge in [-0.1, -0.05) is 51.1 Å². The van der Waals surface area contributed by atoms with E-state index in [1.54, 1.807) is 40.6 Å². The number of rotatable bonds is 7. The first-order valence-electron chi connectivity index (χ1n) is 12.6. The number of hydrogen-bond acceptors (Lipinski definition) is 6. The van der Waals surface area contributed by atoms with E-state index in [4.69, 9.17) is 0 Å². The number of carbonyl (C=O) groups excluding carboxylic acids is 3. The van der Waals surface area contributed by atoms with Crippen molar-refractivity contribution in [3.8, 4) is 10.4 Å². The highest BCUT2D eigenvalue weighted by atomic mass is 127. The maximum Gasteiger partial charge on any atom is 0.281 e. The molecule has 3 amide bonds. The fourth-order valence-electron chi connectivity index (χ4n) is 4.64. The van der Waals surface area contributed by atoms with Crippen LogP contribution in [0.15, 0.2) is 54.2 Å². The van der Waals surface area contributed by atoms with Crippen molar-refractivity contribution in [2.45, 2.75) is 59.2 Å². The molecule has 1 aromatic carbocycles. The normalized spacial score (nSPS) is 16.2. The van der Waals surface area contributed by atoms with Crippen LogP contribution in [0.5, 0.6) is 0 Å². The minimum Gasteiger partial charge on any atom is -0.350 e. The van der Waals surface area contributed by atoms with E-state index in [9.17, 15) is 14.4 Å². The number of pyridine rings is 1. The summed E-state index contributed by atoms with van der Waals surface area (Å²) in [4.78, 5) is 51.5. The number of aromatic nitrogens is 2. The summed E-state index contributed by atoms with van der Waals surface area (Å²) in [6.07, 6.45) is 2.88. The quantitative estimate of drug-likeness (QED) is 0.288. The lowest BCUT2D eigenvalue weighted by molar-refractivity contribution is -0.143. The summed E-state index contributed by atoms with van der Waals surface area (Å²) in [7, 11) is 0. The predicted octanol–water partition coefficient (Wildman–Crippen LogP) is 5.03. The van der Waals surface area contributed by atoms with Crippen molar-refractivity contribution in [2.75, 3.05) is 6.54 Å². The van der Waals surface area contributed by atoms with Crippen LogP contribution < -0.4 is 5.32 Å². The Hall–Kier alpha value is -2.86. The molecule has 0 aliphatic carbocycles. The van der Waals surface area contributed by atoms with Gasteiger partial charge in [0.25, 0.3) is 5.91 Å². The molecule has 8 nitrogen and oxygen atoms in total. The third-order valence-electron chi connectivity index (χ3n) is 6.63. The van der Waals surface area contributed by atoms with Gasteiger partial charge in [0.15, 0.2) is 0 Å². The topological polar surface area (TPSA) is 95.5 Å². The number of aryl methyl sites for hydroxylation is 1. The van der Waals surface area contributed by atoms with Crippen molar-refractivity contribution in [3.05, 3.63) is 71.1 Å². The Kier molecular flexibility index (Phi) is 8.81. The molecule has 200 valence electrons. The second-order valence-electron chi connectivity index (χ2n) is 10.5. The fourth-order valence-corrected chi connectivity index (χ4v) is 6.78. The van der Waals surface area contributed by atoms with E-state index in [0.29, 0.717) is 19.5 Å². The van der Waals surface area contributed by atoms with Crippen LogP contribution in [-0.4, -0.2) is 54.3 Å². The molecule has 1 N–H and O–H groups in total. The van der Waals surface area contributed by atoms with Crippen molar-refractivity contribution in [1.82, 2.24) is 23.3 Å². The highest BCUT2D eigenvalue weighted by Crippen LogP contribution is 2.32. The third-order valence-corrected chi connectivity index (χ3v) is 8.60. The zero-order chi connectivity index (χ0) is 27.4. The average Bonchev–Trinajstić information content (AvgIpc) is 3.56. The summed E-state index contributed by atoms with van der Waals surface area (Å²) in [6, 6.07) is 11.9. The van der Waals surface area contributed by atoms with Gasteiger partial charge in [0, 0.05) is 19.3 Å². The van der Waals surface area contributed by atoms with E-state index in [0.717, 1.165) is 28.1 Å². The number of carbonyl (C=O) groups is 3. The van der Waals surface area contributed by atoms with Gasteiger partial charge >= 0.3 is 0 Å². The zero-order valence-corrected chi connectivity index (χ0v) is 25.0. The summed E-state index contributed by atoms with van der Waals surface area (Å²) in [6.45, 7) is 8.62. The molecule has 0 saturated carbocycles. The number of nitrogens with zero attached hydrogens (tertiary/aromatic N) is 4. The SMILES string of the molecule is Cc1ncsc1-c1ccc(CNC(=O)[C@@H]2CCCN2C(=O)[C@@H](N(I)C(=O)c2ccccn2)C(C)(C)C)cc1. The van der Waals surface area contributed by atoms with Crippen LogP contribution >= 0.6 is 34.2 Å². The number of halogens is 1. The molecule has 4 rings (SSSR count). The molecular formula is C28H32IN5O3S. The molecule has 0 unspecified atom stereocenters. The van der Waals surface area contributed by atoms with Gasteiger partial charge < -0.3 is 10.2 Å². The Morgan fingerprint density at radius 3 is 2.50 bits per heavy atom. The molecule has 2 atom stereocenters. The Balaban J connectivity index is 1.44. The number of thiazole rings is 1. The van der Waals surface area contributed by atoms with Crippen molar-refractivity contribution < 1.29 is 14.4 Å². The van der Waals surface area contributed by atoms with E-state index in [-0.39, 0.29) is 23.4 Å². The number of likely N-dealkylation sites (tertiary alicyclic amines) is 1.